The third kappa shape index (κ3) is 2.37. The molecule has 2 rings (SSSR count). The minimum absolute atomic E-state index is 0.103. The van der Waals surface area contributed by atoms with Crippen LogP contribution in [0.1, 0.15) is 30.3 Å². The van der Waals surface area contributed by atoms with E-state index in [9.17, 15) is 0 Å². The van der Waals surface area contributed by atoms with Crippen molar-refractivity contribution in [2.75, 3.05) is 5.32 Å². The van der Waals surface area contributed by atoms with Crippen molar-refractivity contribution in [1.82, 2.24) is 15.2 Å². The minimum atomic E-state index is 0.103. The second kappa shape index (κ2) is 5.04. The molecule has 16 heavy (non-hydrogen) atoms. The van der Waals surface area contributed by atoms with Gasteiger partial charge in [-0.15, -0.1) is 16.4 Å². The van der Waals surface area contributed by atoms with Crippen LogP contribution in [0.2, 0.25) is 0 Å². The van der Waals surface area contributed by atoms with Crippen molar-refractivity contribution in [3.8, 4) is 0 Å². The Bertz CT molecular complexity index is 427. The number of thiazole rings is 1. The summed E-state index contributed by atoms with van der Waals surface area (Å²) >= 11 is 1.60. The molecule has 86 valence electrons. The first-order valence-corrected chi connectivity index (χ1v) is 5.89. The van der Waals surface area contributed by atoms with Gasteiger partial charge < -0.3 is 15.5 Å². The first-order chi connectivity index (χ1) is 7.83. The van der Waals surface area contributed by atoms with E-state index in [1.165, 1.54) is 0 Å². The van der Waals surface area contributed by atoms with E-state index in [4.69, 9.17) is 10.2 Å². The van der Waals surface area contributed by atoms with E-state index >= 15 is 0 Å². The topological polar surface area (TPSA) is 89.9 Å². The van der Waals surface area contributed by atoms with Gasteiger partial charge in [0.2, 0.25) is 5.89 Å². The Kier molecular flexibility index (Phi) is 3.47. The molecule has 0 aromatic carbocycles. The van der Waals surface area contributed by atoms with E-state index in [2.05, 4.69) is 27.4 Å². The van der Waals surface area contributed by atoms with Crippen LogP contribution in [0.5, 0.6) is 0 Å². The van der Waals surface area contributed by atoms with Crippen LogP contribution in [0.15, 0.2) is 16.0 Å². The summed E-state index contributed by atoms with van der Waals surface area (Å²) in [7, 11) is 0. The van der Waals surface area contributed by atoms with Crippen molar-refractivity contribution >= 4 is 17.4 Å². The van der Waals surface area contributed by atoms with Crippen LogP contribution in [0, 0.1) is 0 Å². The number of nitrogens with zero attached hydrogens (tertiary/aromatic N) is 3. The van der Waals surface area contributed by atoms with E-state index in [-0.39, 0.29) is 12.6 Å². The molecule has 0 amide bonds. The quantitative estimate of drug-likeness (QED) is 0.822. The molecule has 0 bridgehead atoms. The highest BCUT2D eigenvalue weighted by Gasteiger charge is 2.14. The molecular weight excluding hydrogens is 226 g/mol. The summed E-state index contributed by atoms with van der Waals surface area (Å²) < 4.78 is 5.28. The minimum Gasteiger partial charge on any atom is -0.407 e. The summed E-state index contributed by atoms with van der Waals surface area (Å²) in [5.74, 6) is 0.427. The monoisotopic (exact) mass is 239 g/mol. The normalized spacial score (nSPS) is 12.6. The van der Waals surface area contributed by atoms with E-state index in [1.807, 2.05) is 5.38 Å². The lowest BCUT2D eigenvalue weighted by atomic mass is 10.2. The number of anilines is 1. The van der Waals surface area contributed by atoms with Crippen LogP contribution in [0.25, 0.3) is 0 Å². The average molecular weight is 239 g/mol. The highest BCUT2D eigenvalue weighted by Crippen LogP contribution is 2.23. The zero-order valence-corrected chi connectivity index (χ0v) is 9.70. The predicted octanol–water partition coefficient (Wildman–Crippen LogP) is 1.55. The number of aromatic nitrogens is 3. The van der Waals surface area contributed by atoms with Crippen LogP contribution in [0.3, 0.4) is 0 Å². The van der Waals surface area contributed by atoms with Crippen LogP contribution >= 0.6 is 11.3 Å². The van der Waals surface area contributed by atoms with Gasteiger partial charge in [0.15, 0.2) is 0 Å². The van der Waals surface area contributed by atoms with Gasteiger partial charge in [-0.05, 0) is 6.42 Å². The average Bonchev–Trinajstić information content (AvgIpc) is 2.96. The molecule has 0 saturated carbocycles. The third-order valence-electron chi connectivity index (χ3n) is 2.10. The summed E-state index contributed by atoms with van der Waals surface area (Å²) in [6, 6.07) is 0.494. The fourth-order valence-electron chi connectivity index (χ4n) is 1.29. The lowest BCUT2D eigenvalue weighted by molar-refractivity contribution is 0.500. The lowest BCUT2D eigenvalue weighted by Crippen LogP contribution is -2.09. The Morgan fingerprint density at radius 3 is 3.00 bits per heavy atom. The molecule has 3 N–H and O–H groups in total. The Hall–Kier alpha value is -1.47. The van der Waals surface area contributed by atoms with Crippen molar-refractivity contribution in [3.63, 3.8) is 0 Å². The van der Waals surface area contributed by atoms with Gasteiger partial charge in [0.25, 0.3) is 0 Å². The van der Waals surface area contributed by atoms with Crippen LogP contribution in [-0.2, 0) is 6.54 Å². The smallest absolute Gasteiger partial charge is 0.316 e. The lowest BCUT2D eigenvalue weighted by Gasteiger charge is -2.11. The zero-order chi connectivity index (χ0) is 11.4. The molecule has 0 fully saturated rings. The van der Waals surface area contributed by atoms with Gasteiger partial charge in [-0.3, -0.25) is 0 Å². The standard InChI is InChI=1S/C9H13N5OS/c1-2-6(8-11-3-4-16-8)12-9-14-13-7(5-10)15-9/h3-4,6H,2,5,10H2,1H3,(H,12,14). The molecule has 0 saturated heterocycles. The van der Waals surface area contributed by atoms with E-state index in [0.717, 1.165) is 11.4 Å². The van der Waals surface area contributed by atoms with E-state index in [1.54, 1.807) is 17.5 Å². The zero-order valence-electron chi connectivity index (χ0n) is 8.88. The molecule has 2 aromatic heterocycles. The van der Waals surface area contributed by atoms with Gasteiger partial charge in [-0.25, -0.2) is 4.98 Å². The molecule has 0 radical (unpaired) electrons. The Labute approximate surface area is 96.9 Å². The maximum atomic E-state index is 5.39. The summed E-state index contributed by atoms with van der Waals surface area (Å²) in [6.07, 6.45) is 2.68. The molecule has 0 aliphatic rings. The van der Waals surface area contributed by atoms with Crippen molar-refractivity contribution in [2.45, 2.75) is 25.9 Å². The molecule has 1 atom stereocenters. The molecular formula is C9H13N5OS. The highest BCUT2D eigenvalue weighted by molar-refractivity contribution is 7.09. The summed E-state index contributed by atoms with van der Waals surface area (Å²) in [5, 5.41) is 13.7. The fourth-order valence-corrected chi connectivity index (χ4v) is 2.06. The van der Waals surface area contributed by atoms with Crippen molar-refractivity contribution < 1.29 is 4.42 Å². The molecule has 0 aliphatic carbocycles. The first kappa shape index (κ1) is 11.0. The van der Waals surface area contributed by atoms with E-state index in [0.29, 0.717) is 11.9 Å². The number of hydrogen-bond donors (Lipinski definition) is 2. The van der Waals surface area contributed by atoms with Crippen LogP contribution in [0.4, 0.5) is 6.01 Å². The second-order valence-corrected chi connectivity index (χ2v) is 4.11. The first-order valence-electron chi connectivity index (χ1n) is 5.01. The van der Waals surface area contributed by atoms with Crippen LogP contribution < -0.4 is 11.1 Å². The van der Waals surface area contributed by atoms with Gasteiger partial charge in [0, 0.05) is 11.6 Å². The number of nitrogens with one attached hydrogen (secondary N) is 1. The Balaban J connectivity index is 2.07. The Morgan fingerprint density at radius 2 is 2.44 bits per heavy atom. The second-order valence-electron chi connectivity index (χ2n) is 3.18. The molecule has 2 aromatic rings. The van der Waals surface area contributed by atoms with Gasteiger partial charge in [0.05, 0.1) is 12.6 Å². The SMILES string of the molecule is CCC(Nc1nnc(CN)o1)c1nccs1. The molecule has 0 spiro atoms. The van der Waals surface area contributed by atoms with Gasteiger partial charge in [-0.2, -0.15) is 0 Å². The number of nitrogens with two attached hydrogens (primary N) is 1. The summed E-state index contributed by atoms with van der Waals surface area (Å²) in [5.41, 5.74) is 5.39. The molecule has 7 heteroatoms. The van der Waals surface area contributed by atoms with Crippen molar-refractivity contribution in [2.24, 2.45) is 5.73 Å². The molecule has 6 nitrogen and oxygen atoms in total. The fraction of sp³-hybridized carbons (Fsp3) is 0.444. The van der Waals surface area contributed by atoms with Gasteiger partial charge in [-0.1, -0.05) is 12.0 Å². The summed E-state index contributed by atoms with van der Waals surface area (Å²) in [4.78, 5) is 4.25. The summed E-state index contributed by atoms with van der Waals surface area (Å²) in [6.45, 7) is 2.32. The van der Waals surface area contributed by atoms with Crippen molar-refractivity contribution in [1.29, 1.82) is 0 Å². The predicted molar refractivity (Wildman–Crippen MR) is 61.0 cm³/mol. The van der Waals surface area contributed by atoms with Crippen molar-refractivity contribution in [3.05, 3.63) is 22.5 Å². The maximum Gasteiger partial charge on any atom is 0.316 e. The van der Waals surface area contributed by atoms with Crippen LogP contribution in [-0.4, -0.2) is 15.2 Å². The Morgan fingerprint density at radius 1 is 1.56 bits per heavy atom. The molecule has 1 unspecified atom stereocenters. The maximum absolute atomic E-state index is 5.39. The van der Waals surface area contributed by atoms with Gasteiger partial charge >= 0.3 is 6.01 Å². The molecule has 0 aliphatic heterocycles. The number of rotatable bonds is 5. The molecule has 2 heterocycles. The van der Waals surface area contributed by atoms with E-state index < -0.39 is 0 Å². The largest absolute Gasteiger partial charge is 0.407 e. The van der Waals surface area contributed by atoms with Gasteiger partial charge in [0.1, 0.15) is 5.01 Å². The number of hydrogen-bond acceptors (Lipinski definition) is 7. The third-order valence-corrected chi connectivity index (χ3v) is 2.99. The highest BCUT2D eigenvalue weighted by atomic mass is 32.1.